The van der Waals surface area contributed by atoms with Crippen LogP contribution in [0.1, 0.15) is 19.8 Å². The molecule has 106 valence electrons. The van der Waals surface area contributed by atoms with Crippen LogP contribution < -0.4 is 0 Å². The van der Waals surface area contributed by atoms with Crippen LogP contribution >= 0.6 is 13.5 Å². The Kier molecular flexibility index (Phi) is 13.3. The summed E-state index contributed by atoms with van der Waals surface area (Å²) in [5.74, 6) is 0. The molecule has 1 N–H and O–H groups in total. The van der Waals surface area contributed by atoms with Gasteiger partial charge in [0.15, 0.2) is 0 Å². The number of ether oxygens (including phenoxy) is 1. The van der Waals surface area contributed by atoms with Crippen molar-refractivity contribution in [1.29, 1.82) is 0 Å². The lowest BCUT2D eigenvalue weighted by Gasteiger charge is -2.24. The van der Waals surface area contributed by atoms with Crippen LogP contribution in [-0.2, 0) is 18.0 Å². The van der Waals surface area contributed by atoms with Gasteiger partial charge in [0.25, 0.3) is 0 Å². The van der Waals surface area contributed by atoms with E-state index in [-0.39, 0.29) is 19.6 Å². The molecule has 5 nitrogen and oxygen atoms in total. The van der Waals surface area contributed by atoms with Gasteiger partial charge in [-0.15, -0.1) is 0 Å². The number of rotatable bonds is 10. The Morgan fingerprint density at radius 2 is 1.65 bits per heavy atom. The van der Waals surface area contributed by atoms with E-state index in [1.54, 1.807) is 21.3 Å². The molecule has 0 fully saturated rings. The Morgan fingerprint density at radius 3 is 2.06 bits per heavy atom. The summed E-state index contributed by atoms with van der Waals surface area (Å²) in [4.78, 5) is 0. The molecule has 0 amide bonds. The zero-order valence-corrected chi connectivity index (χ0v) is 13.2. The molecule has 1 atom stereocenters. The molecule has 0 aliphatic rings. The highest BCUT2D eigenvalue weighted by atomic mass is 32.1. The van der Waals surface area contributed by atoms with Gasteiger partial charge in [-0.3, -0.25) is 0 Å². The molecule has 0 aromatic heterocycles. The largest absolute Gasteiger partial charge is 0.500 e. The van der Waals surface area contributed by atoms with E-state index in [1.165, 1.54) is 0 Å². The zero-order chi connectivity index (χ0) is 12.4. The van der Waals surface area contributed by atoms with Gasteiger partial charge in [0.1, 0.15) is 0 Å². The van der Waals surface area contributed by atoms with Crippen molar-refractivity contribution in [2.75, 3.05) is 34.5 Å². The smallest absolute Gasteiger partial charge is 0.391 e. The van der Waals surface area contributed by atoms with Gasteiger partial charge in [0.05, 0.1) is 12.7 Å². The maximum atomic E-state index is 9.27. The fourth-order valence-corrected chi connectivity index (χ4v) is 2.97. The first kappa shape index (κ1) is 19.7. The predicted octanol–water partition coefficient (Wildman–Crippen LogP) is 1.15. The highest BCUT2D eigenvalue weighted by Crippen LogP contribution is 2.14. The summed E-state index contributed by atoms with van der Waals surface area (Å²) in [7, 11) is 2.35. The molecule has 0 aliphatic heterocycles. The van der Waals surface area contributed by atoms with Crippen molar-refractivity contribution >= 4 is 22.3 Å². The normalized spacial score (nSPS) is 13.2. The molecular weight excluding hydrogens is 260 g/mol. The molecule has 0 heterocycles. The van der Waals surface area contributed by atoms with E-state index in [4.69, 9.17) is 18.0 Å². The van der Waals surface area contributed by atoms with Crippen LogP contribution in [0, 0.1) is 0 Å². The van der Waals surface area contributed by atoms with Crippen molar-refractivity contribution < 1.29 is 23.1 Å². The average Bonchev–Trinajstić information content (AvgIpc) is 2.34. The van der Waals surface area contributed by atoms with E-state index in [2.05, 4.69) is 0 Å². The molecule has 0 aromatic carbocycles. The van der Waals surface area contributed by atoms with Crippen LogP contribution in [0.3, 0.4) is 0 Å². The number of hydrogen-bond donors (Lipinski definition) is 1. The summed E-state index contributed by atoms with van der Waals surface area (Å²) < 4.78 is 21.1. The summed E-state index contributed by atoms with van der Waals surface area (Å²) >= 11 is 0. The Balaban J connectivity index is 0. The Labute approximate surface area is 112 Å². The fraction of sp³-hybridized carbons (Fsp3) is 1.00. The molecule has 7 heteroatoms. The monoisotopic (exact) mass is 286 g/mol. The van der Waals surface area contributed by atoms with Gasteiger partial charge < -0.3 is 23.1 Å². The minimum atomic E-state index is -2.45. The predicted molar refractivity (Wildman–Crippen MR) is 73.7 cm³/mol. The fourth-order valence-electron chi connectivity index (χ4n) is 1.28. The van der Waals surface area contributed by atoms with Gasteiger partial charge in [-0.1, -0.05) is 6.92 Å². The summed E-state index contributed by atoms with van der Waals surface area (Å²) in [5, 5.41) is 9.27. The highest BCUT2D eigenvalue weighted by Gasteiger charge is 2.36. The van der Waals surface area contributed by atoms with Gasteiger partial charge in [-0.05, 0) is 12.8 Å². The van der Waals surface area contributed by atoms with E-state index in [0.717, 1.165) is 12.5 Å². The van der Waals surface area contributed by atoms with Gasteiger partial charge in [0, 0.05) is 34.0 Å². The highest BCUT2D eigenvalue weighted by molar-refractivity contribution is 7.59. The molecule has 0 aromatic rings. The topological polar surface area (TPSA) is 57.2 Å². The van der Waals surface area contributed by atoms with Crippen molar-refractivity contribution in [3.8, 4) is 0 Å². The van der Waals surface area contributed by atoms with Crippen molar-refractivity contribution in [2.45, 2.75) is 31.9 Å². The molecule has 0 spiro atoms. The van der Waals surface area contributed by atoms with E-state index in [9.17, 15) is 5.11 Å². The van der Waals surface area contributed by atoms with Crippen molar-refractivity contribution in [1.82, 2.24) is 0 Å². The molecule has 0 rings (SSSR count). The number of hydrogen-bond acceptors (Lipinski definition) is 5. The van der Waals surface area contributed by atoms with Gasteiger partial charge in [-0.25, -0.2) is 0 Å². The van der Waals surface area contributed by atoms with Crippen LogP contribution in [-0.4, -0.2) is 54.6 Å². The second kappa shape index (κ2) is 11.5. The van der Waals surface area contributed by atoms with Gasteiger partial charge in [-0.2, -0.15) is 13.5 Å². The van der Waals surface area contributed by atoms with Crippen LogP contribution in [0.15, 0.2) is 0 Å². The quantitative estimate of drug-likeness (QED) is 0.482. The second-order valence-corrected chi connectivity index (χ2v) is 6.63. The first-order valence-electron chi connectivity index (χ1n) is 5.55. The Morgan fingerprint density at radius 1 is 1.12 bits per heavy atom. The average molecular weight is 286 g/mol. The van der Waals surface area contributed by atoms with Crippen molar-refractivity contribution in [3.63, 3.8) is 0 Å². The van der Waals surface area contributed by atoms with Crippen LogP contribution in [0.25, 0.3) is 0 Å². The van der Waals surface area contributed by atoms with Crippen LogP contribution in [0.2, 0.25) is 6.04 Å². The third kappa shape index (κ3) is 8.14. The van der Waals surface area contributed by atoms with Crippen molar-refractivity contribution in [2.24, 2.45) is 0 Å². The summed E-state index contributed by atoms with van der Waals surface area (Å²) in [6.07, 6.45) is 1.15. The molecule has 1 unspecified atom stereocenters. The molecular formula is C10H26O5SSi. The maximum Gasteiger partial charge on any atom is 0.500 e. The summed E-state index contributed by atoms with van der Waals surface area (Å²) in [6.45, 7) is 2.90. The third-order valence-corrected chi connectivity index (χ3v) is 5.32. The zero-order valence-electron chi connectivity index (χ0n) is 11.2. The first-order valence-corrected chi connectivity index (χ1v) is 7.48. The first-order chi connectivity index (χ1) is 7.64. The molecule has 0 bridgehead atoms. The standard InChI is InChI=1S/C10H24O5Si.H2S/c1-5-10(11)9-15-7-6-8-16(12-2,13-3)14-4;/h10-11H,5-9H2,1-4H3;1H2. The summed E-state index contributed by atoms with van der Waals surface area (Å²) in [6, 6.07) is 0.721. The molecule has 0 saturated carbocycles. The van der Waals surface area contributed by atoms with E-state index in [0.29, 0.717) is 19.6 Å². The lowest BCUT2D eigenvalue weighted by atomic mass is 10.3. The molecule has 17 heavy (non-hydrogen) atoms. The molecule has 0 aliphatic carbocycles. The number of aliphatic hydroxyl groups excluding tert-OH is 1. The Hall–Kier alpha value is 0.367. The lowest BCUT2D eigenvalue weighted by molar-refractivity contribution is 0.0333. The van der Waals surface area contributed by atoms with E-state index < -0.39 is 8.80 Å². The van der Waals surface area contributed by atoms with Gasteiger partial charge >= 0.3 is 8.80 Å². The SMILES string of the molecule is CCC(O)COCCC[Si](OC)(OC)OC.S. The van der Waals surface area contributed by atoms with E-state index >= 15 is 0 Å². The van der Waals surface area contributed by atoms with Gasteiger partial charge in [0.2, 0.25) is 0 Å². The third-order valence-electron chi connectivity index (χ3n) is 2.49. The maximum absolute atomic E-state index is 9.27. The second-order valence-electron chi connectivity index (χ2n) is 3.54. The van der Waals surface area contributed by atoms with E-state index in [1.807, 2.05) is 6.92 Å². The number of aliphatic hydroxyl groups is 1. The van der Waals surface area contributed by atoms with Crippen molar-refractivity contribution in [3.05, 3.63) is 0 Å². The molecule has 0 radical (unpaired) electrons. The Bertz CT molecular complexity index is 161. The van der Waals surface area contributed by atoms with Crippen LogP contribution in [0.5, 0.6) is 0 Å². The molecule has 0 saturated heterocycles. The lowest BCUT2D eigenvalue weighted by Crippen LogP contribution is -2.42. The minimum Gasteiger partial charge on any atom is -0.391 e. The van der Waals surface area contributed by atoms with Crippen LogP contribution in [0.4, 0.5) is 0 Å². The minimum absolute atomic E-state index is 0. The summed E-state index contributed by atoms with van der Waals surface area (Å²) in [5.41, 5.74) is 0.